The van der Waals surface area contributed by atoms with Gasteiger partial charge in [-0.3, -0.25) is 0 Å². The summed E-state index contributed by atoms with van der Waals surface area (Å²) in [5.41, 5.74) is 5.45. The molecule has 0 bridgehead atoms. The van der Waals surface area contributed by atoms with Crippen LogP contribution in [0.25, 0.3) is 0 Å². The van der Waals surface area contributed by atoms with Gasteiger partial charge in [0, 0.05) is 25.8 Å². The van der Waals surface area contributed by atoms with Crippen molar-refractivity contribution in [3.8, 4) is 11.5 Å². The third-order valence-electron chi connectivity index (χ3n) is 4.25. The summed E-state index contributed by atoms with van der Waals surface area (Å²) in [6.07, 6.45) is 2.35. The van der Waals surface area contributed by atoms with Gasteiger partial charge in [-0.15, -0.1) is 0 Å². The molecule has 2 aliphatic heterocycles. The lowest BCUT2D eigenvalue weighted by atomic mass is 10.1. The number of hydrogen-bond acceptors (Lipinski definition) is 6. The molecule has 0 aromatic heterocycles. The van der Waals surface area contributed by atoms with E-state index in [1.165, 1.54) is 4.31 Å². The fourth-order valence-corrected chi connectivity index (χ4v) is 4.39. The van der Waals surface area contributed by atoms with E-state index in [-0.39, 0.29) is 11.0 Å². The second kappa shape index (κ2) is 7.69. The Hall–Kier alpha value is -1.35. The largest absolute Gasteiger partial charge is 0.486 e. The molecule has 7 nitrogen and oxygen atoms in total. The zero-order chi connectivity index (χ0) is 17.0. The van der Waals surface area contributed by atoms with Gasteiger partial charge in [0.05, 0.1) is 11.0 Å². The van der Waals surface area contributed by atoms with E-state index < -0.39 is 10.0 Å². The van der Waals surface area contributed by atoms with Gasteiger partial charge in [-0.05, 0) is 37.9 Å². The summed E-state index contributed by atoms with van der Waals surface area (Å²) < 4.78 is 43.8. The lowest BCUT2D eigenvalue weighted by molar-refractivity contribution is 0.0209. The molecular weight excluding hydrogens is 332 g/mol. The first kappa shape index (κ1) is 17.5. The SMILES string of the molecule is NCCCOC1CCN(S(=O)(=O)c2ccc3c(c2)OCCO3)CC1. The molecule has 0 spiro atoms. The number of nitrogens with zero attached hydrogens (tertiary/aromatic N) is 1. The summed E-state index contributed by atoms with van der Waals surface area (Å²) in [5.74, 6) is 1.08. The Labute approximate surface area is 142 Å². The van der Waals surface area contributed by atoms with Crippen LogP contribution in [0.4, 0.5) is 0 Å². The minimum atomic E-state index is -3.52. The van der Waals surface area contributed by atoms with Gasteiger partial charge in [-0.2, -0.15) is 4.31 Å². The van der Waals surface area contributed by atoms with E-state index >= 15 is 0 Å². The van der Waals surface area contributed by atoms with E-state index in [0.29, 0.717) is 63.8 Å². The zero-order valence-corrected chi connectivity index (χ0v) is 14.5. The molecule has 1 aromatic carbocycles. The van der Waals surface area contributed by atoms with Gasteiger partial charge in [-0.1, -0.05) is 0 Å². The first-order valence-corrected chi connectivity index (χ1v) is 9.77. The topological polar surface area (TPSA) is 91.1 Å². The van der Waals surface area contributed by atoms with Crippen molar-refractivity contribution in [1.82, 2.24) is 4.31 Å². The summed E-state index contributed by atoms with van der Waals surface area (Å²) in [6.45, 7) is 3.08. The molecule has 2 N–H and O–H groups in total. The molecule has 8 heteroatoms. The number of piperidine rings is 1. The van der Waals surface area contributed by atoms with Gasteiger partial charge in [0.15, 0.2) is 11.5 Å². The molecule has 0 saturated carbocycles. The fourth-order valence-electron chi connectivity index (χ4n) is 2.91. The Kier molecular flexibility index (Phi) is 5.60. The Bertz CT molecular complexity index is 656. The Morgan fingerprint density at radius 2 is 1.88 bits per heavy atom. The molecule has 2 aliphatic rings. The molecule has 24 heavy (non-hydrogen) atoms. The smallest absolute Gasteiger partial charge is 0.243 e. The molecule has 3 rings (SSSR count). The maximum atomic E-state index is 12.8. The molecule has 0 atom stereocenters. The van der Waals surface area contributed by atoms with Gasteiger partial charge >= 0.3 is 0 Å². The number of rotatable bonds is 6. The molecule has 0 unspecified atom stereocenters. The van der Waals surface area contributed by atoms with Crippen LogP contribution in [-0.4, -0.2) is 58.3 Å². The van der Waals surface area contributed by atoms with E-state index in [2.05, 4.69) is 0 Å². The number of fused-ring (bicyclic) bond motifs is 1. The molecule has 1 saturated heterocycles. The standard InChI is InChI=1S/C16H24N2O5S/c17-6-1-9-21-13-4-7-18(8-5-13)24(19,20)14-2-3-15-16(12-14)23-11-10-22-15/h2-3,12-13H,1,4-11,17H2. The number of sulfonamides is 1. The molecule has 0 aliphatic carbocycles. The maximum absolute atomic E-state index is 12.8. The van der Waals surface area contributed by atoms with Crippen molar-refractivity contribution >= 4 is 10.0 Å². The predicted octanol–water partition coefficient (Wildman–Crippen LogP) is 0.976. The van der Waals surface area contributed by atoms with E-state index in [4.69, 9.17) is 19.9 Å². The van der Waals surface area contributed by atoms with Crippen molar-refractivity contribution in [1.29, 1.82) is 0 Å². The minimum absolute atomic E-state index is 0.114. The van der Waals surface area contributed by atoms with Gasteiger partial charge in [0.25, 0.3) is 0 Å². The summed E-state index contributed by atoms with van der Waals surface area (Å²) >= 11 is 0. The third kappa shape index (κ3) is 3.83. The molecular formula is C16H24N2O5S. The average molecular weight is 356 g/mol. The fraction of sp³-hybridized carbons (Fsp3) is 0.625. The van der Waals surface area contributed by atoms with E-state index in [1.807, 2.05) is 0 Å². The minimum Gasteiger partial charge on any atom is -0.486 e. The second-order valence-electron chi connectivity index (χ2n) is 5.92. The van der Waals surface area contributed by atoms with Crippen LogP contribution in [0.2, 0.25) is 0 Å². The molecule has 1 fully saturated rings. The number of ether oxygens (including phenoxy) is 3. The maximum Gasteiger partial charge on any atom is 0.243 e. The van der Waals surface area contributed by atoms with Crippen LogP contribution in [0.3, 0.4) is 0 Å². The molecule has 0 amide bonds. The Morgan fingerprint density at radius 1 is 1.17 bits per heavy atom. The Morgan fingerprint density at radius 3 is 2.58 bits per heavy atom. The third-order valence-corrected chi connectivity index (χ3v) is 6.15. The summed E-state index contributed by atoms with van der Waals surface area (Å²) in [7, 11) is -3.52. The quantitative estimate of drug-likeness (QED) is 0.764. The lowest BCUT2D eigenvalue weighted by Crippen LogP contribution is -2.41. The van der Waals surface area contributed by atoms with E-state index in [0.717, 1.165) is 6.42 Å². The van der Waals surface area contributed by atoms with Crippen LogP contribution in [0.5, 0.6) is 11.5 Å². The predicted molar refractivity (Wildman–Crippen MR) is 88.8 cm³/mol. The summed E-state index contributed by atoms with van der Waals surface area (Å²) in [5, 5.41) is 0. The average Bonchev–Trinajstić information content (AvgIpc) is 2.62. The summed E-state index contributed by atoms with van der Waals surface area (Å²) in [4.78, 5) is 0.245. The van der Waals surface area contributed by atoms with Crippen molar-refractivity contribution in [3.63, 3.8) is 0 Å². The highest BCUT2D eigenvalue weighted by Gasteiger charge is 2.30. The first-order valence-electron chi connectivity index (χ1n) is 8.33. The van der Waals surface area contributed by atoms with Crippen molar-refractivity contribution in [2.75, 3.05) is 39.5 Å². The van der Waals surface area contributed by atoms with Crippen LogP contribution in [0, 0.1) is 0 Å². The summed E-state index contributed by atoms with van der Waals surface area (Å²) in [6, 6.07) is 4.78. The highest BCUT2D eigenvalue weighted by Crippen LogP contribution is 2.33. The molecule has 1 aromatic rings. The van der Waals surface area contributed by atoms with Crippen LogP contribution >= 0.6 is 0 Å². The second-order valence-corrected chi connectivity index (χ2v) is 7.86. The van der Waals surface area contributed by atoms with Crippen molar-refractivity contribution in [2.24, 2.45) is 5.73 Å². The van der Waals surface area contributed by atoms with Crippen molar-refractivity contribution < 1.29 is 22.6 Å². The molecule has 2 heterocycles. The Balaban J connectivity index is 1.64. The van der Waals surface area contributed by atoms with Crippen LogP contribution in [0.15, 0.2) is 23.1 Å². The van der Waals surface area contributed by atoms with Gasteiger partial charge in [-0.25, -0.2) is 8.42 Å². The monoisotopic (exact) mass is 356 g/mol. The van der Waals surface area contributed by atoms with Gasteiger partial charge in [0.2, 0.25) is 10.0 Å². The van der Waals surface area contributed by atoms with Crippen LogP contribution < -0.4 is 15.2 Å². The highest BCUT2D eigenvalue weighted by atomic mass is 32.2. The van der Waals surface area contributed by atoms with Crippen LogP contribution in [-0.2, 0) is 14.8 Å². The van der Waals surface area contributed by atoms with Gasteiger partial charge in [0.1, 0.15) is 13.2 Å². The number of benzene rings is 1. The normalized spacial score (nSPS) is 19.4. The zero-order valence-electron chi connectivity index (χ0n) is 13.6. The molecule has 0 radical (unpaired) electrons. The first-order chi connectivity index (χ1) is 11.6. The van der Waals surface area contributed by atoms with E-state index in [9.17, 15) is 8.42 Å². The number of hydrogen-bond donors (Lipinski definition) is 1. The van der Waals surface area contributed by atoms with E-state index in [1.54, 1.807) is 18.2 Å². The van der Waals surface area contributed by atoms with Crippen molar-refractivity contribution in [3.05, 3.63) is 18.2 Å². The highest BCUT2D eigenvalue weighted by molar-refractivity contribution is 7.89. The van der Waals surface area contributed by atoms with Gasteiger partial charge < -0.3 is 19.9 Å². The lowest BCUT2D eigenvalue weighted by Gasteiger charge is -2.31. The molecule has 134 valence electrons. The van der Waals surface area contributed by atoms with Crippen LogP contribution in [0.1, 0.15) is 19.3 Å². The van der Waals surface area contributed by atoms with Crippen molar-refractivity contribution in [2.45, 2.75) is 30.3 Å². The number of nitrogens with two attached hydrogens (primary N) is 1.